The first kappa shape index (κ1) is 13.4. The molecule has 1 saturated carbocycles. The van der Waals surface area contributed by atoms with Gasteiger partial charge in [0.1, 0.15) is 5.84 Å². The zero-order valence-electron chi connectivity index (χ0n) is 10.7. The fourth-order valence-electron chi connectivity index (χ4n) is 2.75. The molecule has 0 aromatic heterocycles. The van der Waals surface area contributed by atoms with Gasteiger partial charge < -0.3 is 10.6 Å². The first-order valence-electron chi connectivity index (χ1n) is 6.54. The molecule has 0 heterocycles. The molecule has 0 aliphatic heterocycles. The number of amidine groups is 1. The van der Waals surface area contributed by atoms with E-state index in [1.54, 1.807) is 0 Å². The lowest BCUT2D eigenvalue weighted by molar-refractivity contribution is 0.619. The van der Waals surface area contributed by atoms with Gasteiger partial charge in [-0.05, 0) is 53.9 Å². The molecule has 18 heavy (non-hydrogen) atoms. The maximum absolute atomic E-state index is 7.46. The molecule has 4 heteroatoms. The monoisotopic (exact) mass is 309 g/mol. The molecule has 0 radical (unpaired) electrons. The van der Waals surface area contributed by atoms with Crippen LogP contribution in [0.25, 0.3) is 0 Å². The van der Waals surface area contributed by atoms with Crippen molar-refractivity contribution >= 4 is 27.5 Å². The lowest BCUT2D eigenvalue weighted by Gasteiger charge is -2.31. The molecular formula is C14H20BrN3. The fourth-order valence-corrected chi connectivity index (χ4v) is 3.36. The van der Waals surface area contributed by atoms with Crippen LogP contribution in [0.3, 0.4) is 0 Å². The Hall–Kier alpha value is -1.03. The van der Waals surface area contributed by atoms with Crippen molar-refractivity contribution < 1.29 is 0 Å². The van der Waals surface area contributed by atoms with Gasteiger partial charge in [-0.25, -0.2) is 0 Å². The van der Waals surface area contributed by atoms with Crippen LogP contribution in [0.15, 0.2) is 22.7 Å². The maximum atomic E-state index is 7.46. The van der Waals surface area contributed by atoms with E-state index >= 15 is 0 Å². The van der Waals surface area contributed by atoms with Crippen molar-refractivity contribution in [2.24, 2.45) is 5.73 Å². The van der Waals surface area contributed by atoms with Gasteiger partial charge in [-0.3, -0.25) is 5.41 Å². The van der Waals surface area contributed by atoms with Crippen LogP contribution in [-0.2, 0) is 0 Å². The highest BCUT2D eigenvalue weighted by Crippen LogP contribution is 2.33. The summed E-state index contributed by atoms with van der Waals surface area (Å²) < 4.78 is 1.03. The quantitative estimate of drug-likeness (QED) is 0.660. The second-order valence-electron chi connectivity index (χ2n) is 4.80. The summed E-state index contributed by atoms with van der Waals surface area (Å²) in [6.07, 6.45) is 5.25. The third-order valence-electron chi connectivity index (χ3n) is 3.67. The molecule has 1 aliphatic rings. The number of anilines is 1. The largest absolute Gasteiger partial charge is 0.384 e. The number of nitrogens with two attached hydrogens (primary N) is 1. The number of hydrogen-bond acceptors (Lipinski definition) is 2. The van der Waals surface area contributed by atoms with Crippen molar-refractivity contribution in [3.63, 3.8) is 0 Å². The lowest BCUT2D eigenvalue weighted by Crippen LogP contribution is -2.33. The Kier molecular flexibility index (Phi) is 4.27. The molecule has 1 fully saturated rings. The normalized spacial score (nSPS) is 15.9. The summed E-state index contributed by atoms with van der Waals surface area (Å²) in [7, 11) is 0. The van der Waals surface area contributed by atoms with Gasteiger partial charge in [0.2, 0.25) is 0 Å². The smallest absolute Gasteiger partial charge is 0.122 e. The third kappa shape index (κ3) is 2.69. The van der Waals surface area contributed by atoms with Crippen molar-refractivity contribution in [2.45, 2.75) is 38.6 Å². The van der Waals surface area contributed by atoms with E-state index < -0.39 is 0 Å². The van der Waals surface area contributed by atoms with Crippen molar-refractivity contribution in [2.75, 3.05) is 11.4 Å². The number of nitrogens with one attached hydrogen (secondary N) is 1. The average Bonchev–Trinajstić information content (AvgIpc) is 2.85. The fraction of sp³-hybridized carbons (Fsp3) is 0.500. The van der Waals surface area contributed by atoms with Crippen LogP contribution >= 0.6 is 15.9 Å². The van der Waals surface area contributed by atoms with E-state index in [0.29, 0.717) is 6.04 Å². The predicted octanol–water partition coefficient (Wildman–Crippen LogP) is 3.50. The highest BCUT2D eigenvalue weighted by Gasteiger charge is 2.23. The van der Waals surface area contributed by atoms with Crippen LogP contribution in [0.1, 0.15) is 38.2 Å². The van der Waals surface area contributed by atoms with Gasteiger partial charge in [0.05, 0.1) is 5.69 Å². The number of benzene rings is 1. The summed E-state index contributed by atoms with van der Waals surface area (Å²) in [5.41, 5.74) is 7.50. The van der Waals surface area contributed by atoms with E-state index in [1.807, 2.05) is 12.1 Å². The number of hydrogen-bond donors (Lipinski definition) is 2. The van der Waals surface area contributed by atoms with Gasteiger partial charge in [0.15, 0.2) is 0 Å². The number of halogens is 1. The minimum Gasteiger partial charge on any atom is -0.384 e. The number of nitrogens with zero attached hydrogens (tertiary/aromatic N) is 1. The van der Waals surface area contributed by atoms with Crippen LogP contribution in [0.2, 0.25) is 0 Å². The summed E-state index contributed by atoms with van der Waals surface area (Å²) >= 11 is 3.61. The first-order chi connectivity index (χ1) is 8.63. The van der Waals surface area contributed by atoms with E-state index in [4.69, 9.17) is 11.1 Å². The van der Waals surface area contributed by atoms with Crippen LogP contribution in [0, 0.1) is 5.41 Å². The Morgan fingerprint density at radius 3 is 2.61 bits per heavy atom. The summed E-state index contributed by atoms with van der Waals surface area (Å²) in [5, 5.41) is 7.46. The number of nitrogen functional groups attached to an aromatic ring is 1. The van der Waals surface area contributed by atoms with Crippen LogP contribution < -0.4 is 10.6 Å². The second kappa shape index (κ2) is 5.74. The molecule has 1 aromatic rings. The SMILES string of the molecule is CCN(c1ccc(C(=N)N)cc1Br)C1CCCC1. The molecule has 2 rings (SSSR count). The third-order valence-corrected chi connectivity index (χ3v) is 4.31. The van der Waals surface area contributed by atoms with Gasteiger partial charge in [-0.15, -0.1) is 0 Å². The Labute approximate surface area is 117 Å². The second-order valence-corrected chi connectivity index (χ2v) is 5.66. The van der Waals surface area contributed by atoms with Gasteiger partial charge >= 0.3 is 0 Å². The molecule has 0 bridgehead atoms. The molecule has 0 spiro atoms. The molecule has 3 N–H and O–H groups in total. The highest BCUT2D eigenvalue weighted by molar-refractivity contribution is 9.10. The van der Waals surface area contributed by atoms with Crippen molar-refractivity contribution in [3.05, 3.63) is 28.2 Å². The Balaban J connectivity index is 2.27. The zero-order valence-corrected chi connectivity index (χ0v) is 12.3. The molecule has 0 unspecified atom stereocenters. The lowest BCUT2D eigenvalue weighted by atomic mass is 10.1. The molecule has 98 valence electrons. The van der Waals surface area contributed by atoms with Crippen molar-refractivity contribution in [1.82, 2.24) is 0 Å². The summed E-state index contributed by atoms with van der Waals surface area (Å²) in [6.45, 7) is 3.21. The minimum atomic E-state index is 0.117. The first-order valence-corrected chi connectivity index (χ1v) is 7.33. The zero-order chi connectivity index (χ0) is 13.1. The van der Waals surface area contributed by atoms with E-state index in [-0.39, 0.29) is 5.84 Å². The average molecular weight is 310 g/mol. The topological polar surface area (TPSA) is 53.1 Å². The highest BCUT2D eigenvalue weighted by atomic mass is 79.9. The minimum absolute atomic E-state index is 0.117. The molecule has 0 atom stereocenters. The summed E-state index contributed by atoms with van der Waals surface area (Å²) in [5.74, 6) is 0.117. The molecule has 0 amide bonds. The molecule has 3 nitrogen and oxygen atoms in total. The predicted molar refractivity (Wildman–Crippen MR) is 80.4 cm³/mol. The van der Waals surface area contributed by atoms with Crippen molar-refractivity contribution in [1.29, 1.82) is 5.41 Å². The Morgan fingerprint density at radius 2 is 2.11 bits per heavy atom. The Morgan fingerprint density at radius 1 is 1.44 bits per heavy atom. The van der Waals surface area contributed by atoms with Gasteiger partial charge in [0, 0.05) is 22.6 Å². The van der Waals surface area contributed by atoms with Crippen LogP contribution in [0.4, 0.5) is 5.69 Å². The molecule has 1 aromatic carbocycles. The van der Waals surface area contributed by atoms with E-state index in [0.717, 1.165) is 16.6 Å². The van der Waals surface area contributed by atoms with E-state index in [2.05, 4.69) is 33.8 Å². The van der Waals surface area contributed by atoms with Gasteiger partial charge in [0.25, 0.3) is 0 Å². The summed E-state index contributed by atoms with van der Waals surface area (Å²) in [4.78, 5) is 2.46. The van der Waals surface area contributed by atoms with Gasteiger partial charge in [-0.2, -0.15) is 0 Å². The maximum Gasteiger partial charge on any atom is 0.122 e. The van der Waals surface area contributed by atoms with Crippen molar-refractivity contribution in [3.8, 4) is 0 Å². The standard InChI is InChI=1S/C14H20BrN3/c1-2-18(11-5-3-4-6-11)13-8-7-10(14(16)17)9-12(13)15/h7-9,11H,2-6H2,1H3,(H3,16,17). The molecular weight excluding hydrogens is 290 g/mol. The van der Waals surface area contributed by atoms with Crippen LogP contribution in [-0.4, -0.2) is 18.4 Å². The molecule has 0 saturated heterocycles. The van der Waals surface area contributed by atoms with E-state index in [1.165, 1.54) is 31.4 Å². The Bertz CT molecular complexity index is 439. The van der Waals surface area contributed by atoms with E-state index in [9.17, 15) is 0 Å². The summed E-state index contributed by atoms with van der Waals surface area (Å²) in [6, 6.07) is 6.60. The number of rotatable bonds is 4. The van der Waals surface area contributed by atoms with Gasteiger partial charge in [-0.1, -0.05) is 12.8 Å². The molecule has 1 aliphatic carbocycles. The van der Waals surface area contributed by atoms with Crippen LogP contribution in [0.5, 0.6) is 0 Å².